The number of carboxylic acid groups (broad SMARTS) is 2. The van der Waals surface area contributed by atoms with Gasteiger partial charge in [0.15, 0.2) is 5.96 Å². The first kappa shape index (κ1) is 44.0. The third-order valence-electron chi connectivity index (χ3n) is 8.79. The maximum atomic E-state index is 13.5. The molecule has 0 saturated heterocycles. The summed E-state index contributed by atoms with van der Waals surface area (Å²) in [4.78, 5) is 63.8. The summed E-state index contributed by atoms with van der Waals surface area (Å²) in [6, 6.07) is 6.32. The van der Waals surface area contributed by atoms with Gasteiger partial charge in [-0.3, -0.25) is 33.6 Å². The molecule has 1 aliphatic rings. The van der Waals surface area contributed by atoms with Gasteiger partial charge in [0.05, 0.1) is 23.2 Å². The van der Waals surface area contributed by atoms with E-state index in [1.165, 1.54) is 12.1 Å². The van der Waals surface area contributed by atoms with Gasteiger partial charge in [0, 0.05) is 76.0 Å². The monoisotopic (exact) mass is 813 g/mol. The SMILES string of the molecule is Cc1cc(OCCCC(=O)NCCNC(=O)CCCC(=O)O)cc(C)c1S(=O)(=O)N[C@@H](CNC(=O)c1ccc2c(cnn2CCCNC2=NCCCN2)c1)C(=O)O. The van der Waals surface area contributed by atoms with Crippen molar-refractivity contribution in [1.29, 1.82) is 0 Å². The van der Waals surface area contributed by atoms with E-state index in [4.69, 9.17) is 9.84 Å². The molecule has 4 rings (SSSR count). The molecule has 57 heavy (non-hydrogen) atoms. The molecule has 0 bridgehead atoms. The van der Waals surface area contributed by atoms with Gasteiger partial charge in [0.2, 0.25) is 21.8 Å². The predicted octanol–water partition coefficient (Wildman–Crippen LogP) is 0.790. The van der Waals surface area contributed by atoms with Gasteiger partial charge in [-0.05, 0) is 81.0 Å². The number of hydrogen-bond donors (Lipinski definition) is 8. The van der Waals surface area contributed by atoms with Gasteiger partial charge in [-0.1, -0.05) is 0 Å². The Morgan fingerprint density at radius 2 is 1.61 bits per heavy atom. The zero-order chi connectivity index (χ0) is 41.4. The average molecular weight is 814 g/mol. The van der Waals surface area contributed by atoms with E-state index in [9.17, 15) is 37.5 Å². The standard InChI is InChI=1S/C37H51N9O10S/c1-24-19-28(56-18-4-8-32(48)39-16-15-38-31(47)7-3-9-33(49)50)20-25(2)34(24)57(54,55)45-29(36(52)53)23-43-35(51)26-10-11-30-27(21-26)22-44-46(30)17-6-14-42-37-40-12-5-13-41-37/h10-11,19-22,29,45H,3-9,12-18,23H2,1-2H3,(H,38,47)(H,39,48)(H,43,51)(H,49,50)(H,52,53)(H2,40,41,42)/t29-/m0/s1. The molecule has 20 heteroatoms. The number of nitrogens with one attached hydrogen (secondary N) is 6. The van der Waals surface area contributed by atoms with E-state index in [1.807, 2.05) is 4.68 Å². The van der Waals surface area contributed by atoms with Crippen LogP contribution in [-0.4, -0.2) is 116 Å². The molecule has 19 nitrogen and oxygen atoms in total. The van der Waals surface area contributed by atoms with E-state index in [2.05, 4.69) is 41.4 Å². The lowest BCUT2D eigenvalue weighted by Gasteiger charge is -2.19. The van der Waals surface area contributed by atoms with Gasteiger partial charge in [0.25, 0.3) is 5.91 Å². The number of fused-ring (bicyclic) bond motifs is 1. The Balaban J connectivity index is 1.22. The van der Waals surface area contributed by atoms with Gasteiger partial charge in [-0.25, -0.2) is 8.42 Å². The minimum atomic E-state index is -4.36. The fourth-order valence-electron chi connectivity index (χ4n) is 6.04. The predicted molar refractivity (Wildman–Crippen MR) is 210 cm³/mol. The molecule has 0 saturated carbocycles. The van der Waals surface area contributed by atoms with Crippen molar-refractivity contribution in [2.45, 2.75) is 76.3 Å². The molecule has 2 heterocycles. The van der Waals surface area contributed by atoms with Crippen LogP contribution in [0, 0.1) is 13.8 Å². The van der Waals surface area contributed by atoms with Crippen molar-refractivity contribution in [2.75, 3.05) is 45.9 Å². The van der Waals surface area contributed by atoms with Crippen molar-refractivity contribution in [2.24, 2.45) is 4.99 Å². The molecule has 0 spiro atoms. The van der Waals surface area contributed by atoms with Crippen LogP contribution in [0.25, 0.3) is 10.9 Å². The highest BCUT2D eigenvalue weighted by atomic mass is 32.2. The Bertz CT molecular complexity index is 2030. The Morgan fingerprint density at radius 3 is 2.26 bits per heavy atom. The molecule has 3 aromatic rings. The molecule has 1 aromatic heterocycles. The van der Waals surface area contributed by atoms with Crippen LogP contribution in [0.1, 0.15) is 66.4 Å². The molecule has 8 N–H and O–H groups in total. The van der Waals surface area contributed by atoms with Crippen LogP contribution < -0.4 is 36.0 Å². The zero-order valence-electron chi connectivity index (χ0n) is 32.1. The molecule has 0 fully saturated rings. The number of nitrogens with zero attached hydrogens (tertiary/aromatic N) is 3. The Hall–Kier alpha value is -5.76. The maximum absolute atomic E-state index is 13.5. The molecule has 310 valence electrons. The number of amides is 3. The van der Waals surface area contributed by atoms with E-state index in [-0.39, 0.29) is 67.7 Å². The minimum Gasteiger partial charge on any atom is -0.494 e. The number of aryl methyl sites for hydroxylation is 3. The molecule has 0 unspecified atom stereocenters. The topological polar surface area (TPSA) is 272 Å². The van der Waals surface area contributed by atoms with Crippen LogP contribution in [0.4, 0.5) is 0 Å². The van der Waals surface area contributed by atoms with Gasteiger partial charge in [-0.15, -0.1) is 0 Å². The number of aliphatic imine (C=N–C) groups is 1. The number of aliphatic carboxylic acids is 2. The van der Waals surface area contributed by atoms with Crippen molar-refractivity contribution >= 4 is 56.5 Å². The number of carbonyl (C=O) groups is 5. The Morgan fingerprint density at radius 1 is 0.912 bits per heavy atom. The highest BCUT2D eigenvalue weighted by molar-refractivity contribution is 7.89. The number of carboxylic acids is 2. The molecule has 0 radical (unpaired) electrons. The molecule has 3 amide bonds. The third-order valence-corrected chi connectivity index (χ3v) is 10.6. The number of guanidine groups is 1. The van der Waals surface area contributed by atoms with Crippen molar-refractivity contribution in [3.05, 3.63) is 53.2 Å². The van der Waals surface area contributed by atoms with Crippen LogP contribution >= 0.6 is 0 Å². The van der Waals surface area contributed by atoms with E-state index < -0.39 is 40.5 Å². The summed E-state index contributed by atoms with van der Waals surface area (Å²) in [6.45, 7) is 6.18. The minimum absolute atomic E-state index is 0.0885. The molecule has 1 aliphatic heterocycles. The van der Waals surface area contributed by atoms with Crippen molar-refractivity contribution < 1.29 is 47.3 Å². The van der Waals surface area contributed by atoms with Crippen LogP contribution in [0.3, 0.4) is 0 Å². The van der Waals surface area contributed by atoms with E-state index in [1.54, 1.807) is 38.2 Å². The fraction of sp³-hybridized carbons (Fsp3) is 0.486. The second-order valence-corrected chi connectivity index (χ2v) is 15.1. The summed E-state index contributed by atoms with van der Waals surface area (Å²) in [7, 11) is -4.36. The Labute approximate surface area is 330 Å². The maximum Gasteiger partial charge on any atom is 0.323 e. The highest BCUT2D eigenvalue weighted by Gasteiger charge is 2.29. The number of benzene rings is 2. The summed E-state index contributed by atoms with van der Waals surface area (Å²) in [6.07, 6.45) is 4.17. The second-order valence-electron chi connectivity index (χ2n) is 13.4. The molecular weight excluding hydrogens is 763 g/mol. The third kappa shape index (κ3) is 14.0. The fourth-order valence-corrected chi connectivity index (χ4v) is 7.68. The van der Waals surface area contributed by atoms with Crippen LogP contribution in [-0.2, 0) is 35.7 Å². The van der Waals surface area contributed by atoms with Crippen LogP contribution in [0.5, 0.6) is 5.75 Å². The summed E-state index contributed by atoms with van der Waals surface area (Å²) in [5, 5.41) is 37.9. The molecule has 1 atom stereocenters. The van der Waals surface area contributed by atoms with Gasteiger partial charge in [0.1, 0.15) is 11.8 Å². The Kier molecular flexibility index (Phi) is 16.6. The summed E-state index contributed by atoms with van der Waals surface area (Å²) < 4.78 is 36.7. The lowest BCUT2D eigenvalue weighted by molar-refractivity contribution is -0.139. The van der Waals surface area contributed by atoms with Crippen LogP contribution in [0.2, 0.25) is 0 Å². The van der Waals surface area contributed by atoms with Crippen molar-refractivity contribution in [3.8, 4) is 5.75 Å². The number of hydrogen-bond acceptors (Lipinski definition) is 12. The average Bonchev–Trinajstić information content (AvgIpc) is 3.57. The molecule has 0 aliphatic carbocycles. The quantitative estimate of drug-likeness (QED) is 0.0617. The highest BCUT2D eigenvalue weighted by Crippen LogP contribution is 2.26. The second kappa shape index (κ2) is 21.5. The number of aromatic nitrogens is 2. The van der Waals surface area contributed by atoms with Crippen molar-refractivity contribution in [1.82, 2.24) is 41.1 Å². The van der Waals surface area contributed by atoms with E-state index >= 15 is 0 Å². The van der Waals surface area contributed by atoms with Gasteiger partial charge in [-0.2, -0.15) is 9.82 Å². The number of sulfonamides is 1. The van der Waals surface area contributed by atoms with E-state index in [0.29, 0.717) is 36.4 Å². The first-order chi connectivity index (χ1) is 27.2. The lowest BCUT2D eigenvalue weighted by atomic mass is 10.1. The number of rotatable bonds is 23. The normalized spacial score (nSPS) is 13.2. The first-order valence-corrected chi connectivity index (χ1v) is 20.2. The smallest absolute Gasteiger partial charge is 0.323 e. The summed E-state index contributed by atoms with van der Waals surface area (Å²) in [5.41, 5.74) is 1.68. The molecular formula is C37H51N9O10S. The first-order valence-electron chi connectivity index (χ1n) is 18.7. The molecule has 2 aromatic carbocycles. The number of ether oxygens (including phenoxy) is 1. The largest absolute Gasteiger partial charge is 0.494 e. The van der Waals surface area contributed by atoms with E-state index in [0.717, 1.165) is 42.8 Å². The van der Waals surface area contributed by atoms with Crippen LogP contribution in [0.15, 0.2) is 46.4 Å². The lowest BCUT2D eigenvalue weighted by Crippen LogP contribution is -2.48. The number of carbonyl (C=O) groups excluding carboxylic acids is 3. The summed E-state index contributed by atoms with van der Waals surface area (Å²) in [5.74, 6) is -2.42. The van der Waals surface area contributed by atoms with Crippen molar-refractivity contribution in [3.63, 3.8) is 0 Å². The zero-order valence-corrected chi connectivity index (χ0v) is 32.9. The summed E-state index contributed by atoms with van der Waals surface area (Å²) >= 11 is 0. The van der Waals surface area contributed by atoms with Gasteiger partial charge >= 0.3 is 11.9 Å². The van der Waals surface area contributed by atoms with Gasteiger partial charge < -0.3 is 41.5 Å².